The molecule has 3 N–H and O–H groups in total. The van der Waals surface area contributed by atoms with Gasteiger partial charge in [0.25, 0.3) is 0 Å². The van der Waals surface area contributed by atoms with Gasteiger partial charge in [-0.1, -0.05) is 18.7 Å². The molecule has 1 aromatic carbocycles. The molecule has 0 aliphatic heterocycles. The quantitative estimate of drug-likeness (QED) is 0.806. The predicted octanol–water partition coefficient (Wildman–Crippen LogP) is 2.44. The Balaban J connectivity index is 2.22. The fraction of sp³-hybridized carbons (Fsp3) is 0.133. The Morgan fingerprint density at radius 3 is 2.78 bits per heavy atom. The van der Waals surface area contributed by atoms with Gasteiger partial charge < -0.3 is 11.1 Å². The van der Waals surface area contributed by atoms with E-state index in [-0.39, 0.29) is 0 Å². The molecule has 2 aromatic rings. The van der Waals surface area contributed by atoms with Gasteiger partial charge in [-0.25, -0.2) is 0 Å². The lowest BCUT2D eigenvalue weighted by molar-refractivity contribution is 1.08. The number of rotatable bonds is 4. The van der Waals surface area contributed by atoms with E-state index in [0.29, 0.717) is 0 Å². The number of benzene rings is 1. The molecule has 2 rings (SSSR count). The third-order valence-corrected chi connectivity index (χ3v) is 2.79. The molecule has 0 radical (unpaired) electrons. The first-order valence-electron chi connectivity index (χ1n) is 5.85. The highest BCUT2D eigenvalue weighted by atomic mass is 14.9. The highest BCUT2D eigenvalue weighted by molar-refractivity contribution is 5.58. The molecule has 0 saturated carbocycles. The molecule has 0 spiro atoms. The van der Waals surface area contributed by atoms with Gasteiger partial charge in [0.2, 0.25) is 0 Å². The molecule has 3 heteroatoms. The van der Waals surface area contributed by atoms with Crippen molar-refractivity contribution in [2.75, 3.05) is 12.8 Å². The largest absolute Gasteiger partial charge is 0.399 e. The lowest BCUT2D eigenvalue weighted by Crippen LogP contribution is -2.05. The molecule has 0 saturated heterocycles. The molecule has 0 amide bonds. The van der Waals surface area contributed by atoms with Crippen LogP contribution >= 0.6 is 0 Å². The van der Waals surface area contributed by atoms with Crippen LogP contribution in [-0.4, -0.2) is 12.0 Å². The number of nitrogen functional groups attached to an aromatic ring is 1. The van der Waals surface area contributed by atoms with Gasteiger partial charge in [0.15, 0.2) is 0 Å². The summed E-state index contributed by atoms with van der Waals surface area (Å²) in [5, 5.41) is 3.00. The Kier molecular flexibility index (Phi) is 3.63. The van der Waals surface area contributed by atoms with Gasteiger partial charge >= 0.3 is 0 Å². The van der Waals surface area contributed by atoms with Crippen molar-refractivity contribution in [2.24, 2.45) is 0 Å². The SMILES string of the molecule is C=C(NC)c1cc(Cc2cccc(N)c2)ccn1. The van der Waals surface area contributed by atoms with Crippen LogP contribution in [0.2, 0.25) is 0 Å². The lowest BCUT2D eigenvalue weighted by atomic mass is 10.0. The second-order valence-electron chi connectivity index (χ2n) is 4.20. The van der Waals surface area contributed by atoms with E-state index in [1.165, 1.54) is 11.1 Å². The molecule has 18 heavy (non-hydrogen) atoms. The normalized spacial score (nSPS) is 10.1. The first-order valence-corrected chi connectivity index (χ1v) is 5.85. The third-order valence-electron chi connectivity index (χ3n) is 2.79. The van der Waals surface area contributed by atoms with E-state index in [1.54, 1.807) is 6.20 Å². The smallest absolute Gasteiger partial charge is 0.0857 e. The summed E-state index contributed by atoms with van der Waals surface area (Å²) < 4.78 is 0. The fourth-order valence-corrected chi connectivity index (χ4v) is 1.82. The molecule has 92 valence electrons. The monoisotopic (exact) mass is 239 g/mol. The highest BCUT2D eigenvalue weighted by Gasteiger charge is 2.01. The number of aromatic nitrogens is 1. The number of nitrogens with two attached hydrogens (primary N) is 1. The zero-order chi connectivity index (χ0) is 13.0. The minimum absolute atomic E-state index is 0.793. The minimum atomic E-state index is 0.793. The van der Waals surface area contributed by atoms with E-state index in [9.17, 15) is 0 Å². The minimum Gasteiger partial charge on any atom is -0.399 e. The van der Waals surface area contributed by atoms with Crippen molar-refractivity contribution in [1.82, 2.24) is 10.3 Å². The summed E-state index contributed by atoms with van der Waals surface area (Å²) in [7, 11) is 1.84. The van der Waals surface area contributed by atoms with Crippen LogP contribution in [0.5, 0.6) is 0 Å². The first-order chi connectivity index (χ1) is 8.69. The van der Waals surface area contributed by atoms with Crippen LogP contribution in [-0.2, 0) is 6.42 Å². The van der Waals surface area contributed by atoms with Crippen LogP contribution in [0.1, 0.15) is 16.8 Å². The van der Waals surface area contributed by atoms with Crippen LogP contribution in [0.25, 0.3) is 5.70 Å². The first kappa shape index (κ1) is 12.2. The standard InChI is InChI=1S/C15H17N3/c1-11(17-2)15-10-13(6-7-18-15)8-12-4-3-5-14(16)9-12/h3-7,9-10,17H,1,8,16H2,2H3. The third kappa shape index (κ3) is 2.88. The van der Waals surface area contributed by atoms with Crippen LogP contribution in [0.15, 0.2) is 49.2 Å². The van der Waals surface area contributed by atoms with Gasteiger partial charge in [0.05, 0.1) is 11.4 Å². The molecule has 3 nitrogen and oxygen atoms in total. The maximum absolute atomic E-state index is 5.78. The maximum atomic E-state index is 5.78. The van der Waals surface area contributed by atoms with Crippen molar-refractivity contribution in [3.63, 3.8) is 0 Å². The van der Waals surface area contributed by atoms with E-state index < -0.39 is 0 Å². The van der Waals surface area contributed by atoms with Crippen molar-refractivity contribution in [3.8, 4) is 0 Å². The van der Waals surface area contributed by atoms with Gasteiger partial charge in [0, 0.05) is 18.9 Å². The lowest BCUT2D eigenvalue weighted by Gasteiger charge is -2.07. The zero-order valence-corrected chi connectivity index (χ0v) is 10.5. The molecule has 0 bridgehead atoms. The number of hydrogen-bond acceptors (Lipinski definition) is 3. The number of nitrogens with zero attached hydrogens (tertiary/aromatic N) is 1. The highest BCUT2D eigenvalue weighted by Crippen LogP contribution is 2.14. The second kappa shape index (κ2) is 5.36. The number of hydrogen-bond donors (Lipinski definition) is 2. The van der Waals surface area contributed by atoms with Crippen LogP contribution in [0, 0.1) is 0 Å². The Hall–Kier alpha value is -2.29. The Bertz CT molecular complexity index is 561. The van der Waals surface area contributed by atoms with Gasteiger partial charge in [-0.3, -0.25) is 4.98 Å². The summed E-state index contributed by atoms with van der Waals surface area (Å²) in [6.45, 7) is 3.91. The van der Waals surface area contributed by atoms with Crippen molar-refractivity contribution < 1.29 is 0 Å². The van der Waals surface area contributed by atoms with E-state index >= 15 is 0 Å². The van der Waals surface area contributed by atoms with Crippen LogP contribution in [0.3, 0.4) is 0 Å². The van der Waals surface area contributed by atoms with Crippen molar-refractivity contribution in [3.05, 3.63) is 66.0 Å². The molecule has 0 aliphatic rings. The van der Waals surface area contributed by atoms with Gasteiger partial charge in [-0.05, 0) is 41.8 Å². The molecule has 1 heterocycles. The van der Waals surface area contributed by atoms with Gasteiger partial charge in [0.1, 0.15) is 0 Å². The number of nitrogens with one attached hydrogen (secondary N) is 1. The predicted molar refractivity (Wildman–Crippen MR) is 76.0 cm³/mol. The molecular formula is C15H17N3. The van der Waals surface area contributed by atoms with Crippen molar-refractivity contribution in [2.45, 2.75) is 6.42 Å². The van der Waals surface area contributed by atoms with Crippen molar-refractivity contribution in [1.29, 1.82) is 0 Å². The van der Waals surface area contributed by atoms with E-state index in [2.05, 4.69) is 22.9 Å². The summed E-state index contributed by atoms with van der Waals surface area (Å²) in [6, 6.07) is 12.0. The molecular weight excluding hydrogens is 222 g/mol. The summed E-state index contributed by atoms with van der Waals surface area (Å²) in [4.78, 5) is 4.28. The van der Waals surface area contributed by atoms with Gasteiger partial charge in [-0.2, -0.15) is 0 Å². The fourth-order valence-electron chi connectivity index (χ4n) is 1.82. The average molecular weight is 239 g/mol. The summed E-state index contributed by atoms with van der Waals surface area (Å²) in [5.41, 5.74) is 10.7. The molecule has 0 aliphatic carbocycles. The number of anilines is 1. The summed E-state index contributed by atoms with van der Waals surface area (Å²) in [6.07, 6.45) is 2.65. The Morgan fingerprint density at radius 1 is 1.28 bits per heavy atom. The van der Waals surface area contributed by atoms with Crippen LogP contribution in [0.4, 0.5) is 5.69 Å². The summed E-state index contributed by atoms with van der Waals surface area (Å²) in [5.74, 6) is 0. The van der Waals surface area contributed by atoms with E-state index in [0.717, 1.165) is 23.5 Å². The maximum Gasteiger partial charge on any atom is 0.0857 e. The van der Waals surface area contributed by atoms with E-state index in [1.807, 2.05) is 37.4 Å². The summed E-state index contributed by atoms with van der Waals surface area (Å²) >= 11 is 0. The zero-order valence-electron chi connectivity index (χ0n) is 10.5. The van der Waals surface area contributed by atoms with Crippen molar-refractivity contribution >= 4 is 11.4 Å². The average Bonchev–Trinajstić information content (AvgIpc) is 2.38. The van der Waals surface area contributed by atoms with Gasteiger partial charge in [-0.15, -0.1) is 0 Å². The van der Waals surface area contributed by atoms with E-state index in [4.69, 9.17) is 5.73 Å². The topological polar surface area (TPSA) is 50.9 Å². The molecule has 0 fully saturated rings. The Morgan fingerprint density at radius 2 is 2.06 bits per heavy atom. The Labute approximate surface area is 107 Å². The number of pyridine rings is 1. The van der Waals surface area contributed by atoms with Crippen LogP contribution < -0.4 is 11.1 Å². The molecule has 1 aromatic heterocycles. The molecule has 0 atom stereocenters. The molecule has 0 unspecified atom stereocenters. The second-order valence-corrected chi connectivity index (χ2v) is 4.20.